The average molecular weight is 345 g/mol. The van der Waals surface area contributed by atoms with E-state index in [-0.39, 0.29) is 11.6 Å². The van der Waals surface area contributed by atoms with Crippen molar-refractivity contribution in [3.8, 4) is 0 Å². The number of nitrogens with one attached hydrogen (secondary N) is 1. The molecule has 1 N–H and O–H groups in total. The van der Waals surface area contributed by atoms with Crippen molar-refractivity contribution in [2.75, 3.05) is 5.32 Å². The highest BCUT2D eigenvalue weighted by Gasteiger charge is 2.03. The highest BCUT2D eigenvalue weighted by molar-refractivity contribution is 14.1. The van der Waals surface area contributed by atoms with Crippen LogP contribution >= 0.6 is 22.6 Å². The fourth-order valence-corrected chi connectivity index (χ4v) is 2.13. The Morgan fingerprint density at radius 2 is 1.82 bits per heavy atom. The topological polar surface area (TPSA) is 12.0 Å². The van der Waals surface area contributed by atoms with E-state index in [4.69, 9.17) is 0 Å². The van der Waals surface area contributed by atoms with Gasteiger partial charge in [0.05, 0.1) is 0 Å². The zero-order chi connectivity index (χ0) is 12.3. The van der Waals surface area contributed by atoms with Crippen LogP contribution in [0.15, 0.2) is 42.5 Å². The van der Waals surface area contributed by atoms with Crippen molar-refractivity contribution in [1.82, 2.24) is 0 Å². The molecule has 0 saturated carbocycles. The van der Waals surface area contributed by atoms with Crippen LogP contribution in [0.4, 0.5) is 14.5 Å². The Hall–Kier alpha value is -1.17. The molecule has 0 aliphatic heterocycles. The Morgan fingerprint density at radius 3 is 2.53 bits per heavy atom. The summed E-state index contributed by atoms with van der Waals surface area (Å²) in [6.07, 6.45) is 0. The number of hydrogen-bond acceptors (Lipinski definition) is 1. The van der Waals surface area contributed by atoms with E-state index in [2.05, 4.69) is 5.32 Å². The fraction of sp³-hybridized carbons (Fsp3) is 0.0769. The number of hydrogen-bond donors (Lipinski definition) is 1. The summed E-state index contributed by atoms with van der Waals surface area (Å²) in [5, 5.41) is 3.08. The average Bonchev–Trinajstić information content (AvgIpc) is 2.30. The lowest BCUT2D eigenvalue weighted by Crippen LogP contribution is -2.03. The van der Waals surface area contributed by atoms with Gasteiger partial charge in [0.15, 0.2) is 0 Å². The number of rotatable bonds is 3. The van der Waals surface area contributed by atoms with Crippen molar-refractivity contribution < 1.29 is 8.78 Å². The van der Waals surface area contributed by atoms with E-state index >= 15 is 0 Å². The third kappa shape index (κ3) is 3.15. The van der Waals surface area contributed by atoms with Crippen LogP contribution in [-0.2, 0) is 6.54 Å². The van der Waals surface area contributed by atoms with Crippen LogP contribution < -0.4 is 5.32 Å². The summed E-state index contributed by atoms with van der Waals surface area (Å²) < 4.78 is 27.0. The third-order valence-electron chi connectivity index (χ3n) is 2.36. The lowest BCUT2D eigenvalue weighted by atomic mass is 10.2. The molecule has 0 heterocycles. The highest BCUT2D eigenvalue weighted by atomic mass is 127. The largest absolute Gasteiger partial charge is 0.380 e. The maximum atomic E-state index is 13.4. The minimum Gasteiger partial charge on any atom is -0.380 e. The summed E-state index contributed by atoms with van der Waals surface area (Å²) in [7, 11) is 0. The van der Waals surface area contributed by atoms with Crippen LogP contribution in [-0.4, -0.2) is 0 Å². The molecule has 4 heteroatoms. The maximum Gasteiger partial charge on any atom is 0.128 e. The Balaban J connectivity index is 2.10. The quantitative estimate of drug-likeness (QED) is 0.823. The summed E-state index contributed by atoms with van der Waals surface area (Å²) in [6, 6.07) is 11.1. The molecule has 0 aromatic heterocycles. The van der Waals surface area contributed by atoms with Gasteiger partial charge in [-0.2, -0.15) is 0 Å². The van der Waals surface area contributed by atoms with Gasteiger partial charge in [0.1, 0.15) is 11.6 Å². The van der Waals surface area contributed by atoms with Crippen LogP contribution in [0.25, 0.3) is 0 Å². The molecule has 0 saturated heterocycles. The van der Waals surface area contributed by atoms with Crippen LogP contribution in [0.2, 0.25) is 0 Å². The van der Waals surface area contributed by atoms with E-state index in [9.17, 15) is 8.78 Å². The maximum absolute atomic E-state index is 13.4. The number of halogens is 3. The summed E-state index contributed by atoms with van der Waals surface area (Å²) in [5.74, 6) is -0.511. The second-order valence-electron chi connectivity index (χ2n) is 3.57. The van der Waals surface area contributed by atoms with Gasteiger partial charge in [-0.1, -0.05) is 18.2 Å². The molecule has 0 amide bonds. The van der Waals surface area contributed by atoms with E-state index in [1.807, 2.05) is 22.6 Å². The van der Waals surface area contributed by atoms with Crippen molar-refractivity contribution in [3.05, 3.63) is 63.2 Å². The van der Waals surface area contributed by atoms with Crippen LogP contribution in [0.3, 0.4) is 0 Å². The van der Waals surface area contributed by atoms with Gasteiger partial charge in [-0.3, -0.25) is 0 Å². The molecule has 88 valence electrons. The third-order valence-corrected chi connectivity index (χ3v) is 3.25. The SMILES string of the molecule is Fc1ccc(NCc2ccccc2F)c(I)c1. The van der Waals surface area contributed by atoms with E-state index < -0.39 is 0 Å². The van der Waals surface area contributed by atoms with E-state index in [1.165, 1.54) is 18.2 Å². The van der Waals surface area contributed by atoms with Crippen LogP contribution in [0.1, 0.15) is 5.56 Å². The first-order chi connectivity index (χ1) is 8.16. The van der Waals surface area contributed by atoms with Crippen molar-refractivity contribution in [2.45, 2.75) is 6.54 Å². The predicted octanol–water partition coefficient (Wildman–Crippen LogP) is 4.18. The van der Waals surface area contributed by atoms with Crippen molar-refractivity contribution in [1.29, 1.82) is 0 Å². The van der Waals surface area contributed by atoms with Crippen molar-refractivity contribution in [2.24, 2.45) is 0 Å². The van der Waals surface area contributed by atoms with Crippen molar-refractivity contribution >= 4 is 28.3 Å². The molecular weight excluding hydrogens is 335 g/mol. The first-order valence-corrected chi connectivity index (χ1v) is 6.17. The minimum absolute atomic E-state index is 0.239. The molecular formula is C13H10F2IN. The molecule has 0 bridgehead atoms. The molecule has 0 fully saturated rings. The minimum atomic E-state index is -0.272. The zero-order valence-corrected chi connectivity index (χ0v) is 11.0. The number of anilines is 1. The smallest absolute Gasteiger partial charge is 0.128 e. The van der Waals surface area contributed by atoms with E-state index in [0.29, 0.717) is 12.1 Å². The first kappa shape index (κ1) is 12.3. The summed E-state index contributed by atoms with van der Waals surface area (Å²) in [6.45, 7) is 0.383. The molecule has 2 rings (SSSR count). The summed E-state index contributed by atoms with van der Waals surface area (Å²) in [4.78, 5) is 0. The van der Waals surface area contributed by atoms with Gasteiger partial charge in [0.2, 0.25) is 0 Å². The van der Waals surface area contributed by atoms with E-state index in [0.717, 1.165) is 9.26 Å². The van der Waals surface area contributed by atoms with Gasteiger partial charge in [0.25, 0.3) is 0 Å². The Labute approximate surface area is 112 Å². The van der Waals surface area contributed by atoms with Gasteiger partial charge < -0.3 is 5.32 Å². The monoisotopic (exact) mass is 345 g/mol. The van der Waals surface area contributed by atoms with Gasteiger partial charge in [0, 0.05) is 21.4 Å². The fourth-order valence-electron chi connectivity index (χ4n) is 1.47. The van der Waals surface area contributed by atoms with Crippen LogP contribution in [0, 0.1) is 15.2 Å². The molecule has 0 radical (unpaired) electrons. The molecule has 0 aliphatic carbocycles. The van der Waals surface area contributed by atoms with Gasteiger partial charge in [-0.15, -0.1) is 0 Å². The number of benzene rings is 2. The second kappa shape index (κ2) is 5.44. The molecule has 0 atom stereocenters. The molecule has 0 spiro atoms. The highest BCUT2D eigenvalue weighted by Crippen LogP contribution is 2.20. The van der Waals surface area contributed by atoms with Gasteiger partial charge >= 0.3 is 0 Å². The molecule has 2 aromatic carbocycles. The van der Waals surface area contributed by atoms with Crippen LogP contribution in [0.5, 0.6) is 0 Å². The summed E-state index contributed by atoms with van der Waals surface area (Å²) >= 11 is 2.04. The zero-order valence-electron chi connectivity index (χ0n) is 8.88. The molecule has 0 unspecified atom stereocenters. The molecule has 1 nitrogen and oxygen atoms in total. The van der Waals surface area contributed by atoms with Crippen molar-refractivity contribution in [3.63, 3.8) is 0 Å². The molecule has 17 heavy (non-hydrogen) atoms. The predicted molar refractivity (Wildman–Crippen MR) is 72.8 cm³/mol. The Bertz CT molecular complexity index is 529. The lowest BCUT2D eigenvalue weighted by Gasteiger charge is -2.09. The van der Waals surface area contributed by atoms with Gasteiger partial charge in [-0.05, 0) is 46.9 Å². The normalized spacial score (nSPS) is 10.3. The standard InChI is InChI=1S/C13H10F2IN/c14-10-5-6-13(12(16)7-10)17-8-9-3-1-2-4-11(9)15/h1-7,17H,8H2. The Kier molecular flexibility index (Phi) is 3.93. The second-order valence-corrected chi connectivity index (χ2v) is 4.73. The molecule has 2 aromatic rings. The van der Waals surface area contributed by atoms with E-state index in [1.54, 1.807) is 24.3 Å². The Morgan fingerprint density at radius 1 is 1.06 bits per heavy atom. The lowest BCUT2D eigenvalue weighted by molar-refractivity contribution is 0.612. The van der Waals surface area contributed by atoms with Gasteiger partial charge in [-0.25, -0.2) is 8.78 Å². The molecule has 0 aliphatic rings. The first-order valence-electron chi connectivity index (χ1n) is 5.09. The summed E-state index contributed by atoms with van der Waals surface area (Å²) in [5.41, 5.74) is 1.39.